The molecule has 0 bridgehead atoms. The van der Waals surface area contributed by atoms with Gasteiger partial charge in [-0.25, -0.2) is 17.2 Å². The summed E-state index contributed by atoms with van der Waals surface area (Å²) in [5, 5.41) is 3.14. The van der Waals surface area contributed by atoms with E-state index in [1.54, 1.807) is 12.1 Å². The van der Waals surface area contributed by atoms with Crippen molar-refractivity contribution in [2.24, 2.45) is 0 Å². The van der Waals surface area contributed by atoms with Crippen LogP contribution >= 0.6 is 15.9 Å². The van der Waals surface area contributed by atoms with Crippen LogP contribution in [0.5, 0.6) is 0 Å². The summed E-state index contributed by atoms with van der Waals surface area (Å²) >= 11 is 3.48. The van der Waals surface area contributed by atoms with Gasteiger partial charge in [0.05, 0.1) is 23.1 Å². The van der Waals surface area contributed by atoms with Gasteiger partial charge in [0.2, 0.25) is 10.0 Å². The van der Waals surface area contributed by atoms with Crippen molar-refractivity contribution in [1.29, 1.82) is 0 Å². The molecule has 252 valence electrons. The number of furan rings is 1. The number of hydrogen-bond acceptors (Lipinski definition) is 5. The summed E-state index contributed by atoms with van der Waals surface area (Å²) in [6.45, 7) is 10.7. The molecule has 1 atom stereocenters. The first-order valence-electron chi connectivity index (χ1n) is 15.7. The SMILES string of the molecule is CNC(=O)c1c(-c2ccc(F)cc2)oc2cc(NS(=O)(=O)CCCC(O[Si](C)(C)C(C)(C)C)c3ccc(F)cc3Br)c(C3CC3)cc12. The zero-order valence-corrected chi connectivity index (χ0v) is 30.9. The third-order valence-corrected chi connectivity index (χ3v) is 15.7. The molecule has 0 radical (unpaired) electrons. The molecule has 0 aliphatic heterocycles. The standard InChI is InChI=1S/C35H41BrF2N2O5SSi/c1-35(2,3)47(5,6)45-30(25-16-15-24(38)18-28(25)36)8-7-17-46(42,43)40-29-20-31-27(19-26(29)21-9-10-21)32(34(41)39-4)33(44-31)22-11-13-23(37)14-12-22/h11-16,18-21,30,40H,7-10,17H2,1-6H3,(H,39,41). The maximum atomic E-state index is 13.9. The lowest BCUT2D eigenvalue weighted by Crippen LogP contribution is -2.42. The maximum Gasteiger partial charge on any atom is 0.255 e. The molecule has 3 aromatic carbocycles. The lowest BCUT2D eigenvalue weighted by atomic mass is 10.0. The minimum absolute atomic E-state index is 0.0800. The second kappa shape index (κ2) is 13.4. The maximum absolute atomic E-state index is 13.9. The van der Waals surface area contributed by atoms with Crippen molar-refractivity contribution in [1.82, 2.24) is 5.32 Å². The van der Waals surface area contributed by atoms with Crippen molar-refractivity contribution >= 4 is 56.8 Å². The van der Waals surface area contributed by atoms with Gasteiger partial charge >= 0.3 is 0 Å². The summed E-state index contributed by atoms with van der Waals surface area (Å²) in [5.41, 5.74) is 3.17. The Labute approximate surface area is 284 Å². The van der Waals surface area contributed by atoms with Crippen LogP contribution in [0.3, 0.4) is 0 Å². The number of hydrogen-bond donors (Lipinski definition) is 2. The Morgan fingerprint density at radius 2 is 1.72 bits per heavy atom. The molecule has 1 unspecified atom stereocenters. The van der Waals surface area contributed by atoms with Gasteiger partial charge in [-0.2, -0.15) is 0 Å². The van der Waals surface area contributed by atoms with Crippen LogP contribution in [-0.2, 0) is 14.4 Å². The van der Waals surface area contributed by atoms with Crippen LogP contribution in [0.4, 0.5) is 14.5 Å². The van der Waals surface area contributed by atoms with Gasteiger partial charge in [-0.05, 0) is 103 Å². The molecule has 0 saturated heterocycles. The van der Waals surface area contributed by atoms with E-state index in [2.05, 4.69) is 59.8 Å². The van der Waals surface area contributed by atoms with Gasteiger partial charge in [0.15, 0.2) is 8.32 Å². The average Bonchev–Trinajstić information content (AvgIpc) is 3.76. The fourth-order valence-corrected chi connectivity index (χ4v) is 8.46. The monoisotopic (exact) mass is 746 g/mol. The lowest BCUT2D eigenvalue weighted by molar-refractivity contribution is 0.0964. The highest BCUT2D eigenvalue weighted by atomic mass is 79.9. The predicted octanol–water partition coefficient (Wildman–Crippen LogP) is 9.66. The number of rotatable bonds is 12. The summed E-state index contributed by atoms with van der Waals surface area (Å²) in [5.74, 6) is -0.875. The topological polar surface area (TPSA) is 97.6 Å². The van der Waals surface area contributed by atoms with Crippen LogP contribution in [0.2, 0.25) is 18.1 Å². The first-order chi connectivity index (χ1) is 22.0. The van der Waals surface area contributed by atoms with Crippen molar-refractivity contribution in [2.45, 2.75) is 76.6 Å². The van der Waals surface area contributed by atoms with E-state index in [0.717, 1.165) is 24.0 Å². The number of sulfonamides is 1. The second-order valence-electron chi connectivity index (χ2n) is 13.7. The lowest BCUT2D eigenvalue weighted by Gasteiger charge is -2.39. The Kier molecular flexibility index (Phi) is 10.1. The fraction of sp³-hybridized carbons (Fsp3) is 0.400. The second-order valence-corrected chi connectivity index (χ2v) is 21.2. The molecule has 0 spiro atoms. The normalized spacial score (nSPS) is 14.7. The van der Waals surface area contributed by atoms with Crippen LogP contribution in [0, 0.1) is 11.6 Å². The van der Waals surface area contributed by atoms with E-state index in [-0.39, 0.29) is 34.2 Å². The van der Waals surface area contributed by atoms with Gasteiger partial charge in [-0.3, -0.25) is 9.52 Å². The summed E-state index contributed by atoms with van der Waals surface area (Å²) in [4.78, 5) is 13.0. The molecule has 2 N–H and O–H groups in total. The van der Waals surface area contributed by atoms with Crippen molar-refractivity contribution in [3.63, 3.8) is 0 Å². The third-order valence-electron chi connectivity index (χ3n) is 9.14. The highest BCUT2D eigenvalue weighted by molar-refractivity contribution is 9.10. The number of halogens is 3. The number of nitrogens with one attached hydrogen (secondary N) is 2. The molecule has 1 heterocycles. The molecular formula is C35H41BrF2N2O5SSi. The van der Waals surface area contributed by atoms with Crippen LogP contribution in [0.1, 0.15) is 80.0 Å². The smallest absolute Gasteiger partial charge is 0.255 e. The Hall–Kier alpha value is -3.06. The van der Waals surface area contributed by atoms with Crippen LogP contribution in [0.15, 0.2) is 63.5 Å². The molecule has 12 heteroatoms. The van der Waals surface area contributed by atoms with Gasteiger partial charge in [0.1, 0.15) is 23.0 Å². The van der Waals surface area contributed by atoms with Gasteiger partial charge in [-0.1, -0.05) is 42.8 Å². The van der Waals surface area contributed by atoms with Crippen molar-refractivity contribution in [3.05, 3.63) is 87.4 Å². The Morgan fingerprint density at radius 3 is 2.32 bits per heavy atom. The molecule has 1 aliphatic rings. The third kappa shape index (κ3) is 7.98. The van der Waals surface area contributed by atoms with Crippen molar-refractivity contribution < 1.29 is 30.8 Å². The number of carbonyl (C=O) groups excluding carboxylic acids is 1. The number of fused-ring (bicyclic) bond motifs is 1. The first kappa shape index (κ1) is 35.2. The van der Waals surface area contributed by atoms with Gasteiger partial charge in [0, 0.05) is 28.5 Å². The summed E-state index contributed by atoms with van der Waals surface area (Å²) in [7, 11) is -4.55. The molecule has 1 saturated carbocycles. The predicted molar refractivity (Wildman–Crippen MR) is 189 cm³/mol. The number of amides is 1. The number of benzene rings is 3. The zero-order valence-electron chi connectivity index (χ0n) is 27.5. The van der Waals surface area contributed by atoms with E-state index in [1.807, 2.05) is 6.07 Å². The molecule has 1 fully saturated rings. The molecule has 1 aliphatic carbocycles. The number of carbonyl (C=O) groups is 1. The van der Waals surface area contributed by atoms with Crippen LogP contribution in [0.25, 0.3) is 22.3 Å². The first-order valence-corrected chi connectivity index (χ1v) is 21.1. The quantitative estimate of drug-likeness (QED) is 0.141. The Balaban J connectivity index is 1.42. The average molecular weight is 748 g/mol. The molecule has 7 nitrogen and oxygen atoms in total. The molecule has 5 rings (SSSR count). The van der Waals surface area contributed by atoms with E-state index >= 15 is 0 Å². The highest BCUT2D eigenvalue weighted by Crippen LogP contribution is 2.47. The van der Waals surface area contributed by atoms with Gasteiger partial charge < -0.3 is 14.2 Å². The van der Waals surface area contributed by atoms with E-state index in [1.165, 1.54) is 43.4 Å². The largest absolute Gasteiger partial charge is 0.455 e. The minimum Gasteiger partial charge on any atom is -0.455 e. The summed E-state index contributed by atoms with van der Waals surface area (Å²) in [6.07, 6.45) is 2.10. The van der Waals surface area contributed by atoms with E-state index < -0.39 is 30.3 Å². The molecule has 1 aromatic heterocycles. The van der Waals surface area contributed by atoms with Crippen LogP contribution in [-0.4, -0.2) is 35.4 Å². The Bertz CT molecular complexity index is 1900. The highest BCUT2D eigenvalue weighted by Gasteiger charge is 2.40. The van der Waals surface area contributed by atoms with E-state index in [9.17, 15) is 22.0 Å². The Morgan fingerprint density at radius 1 is 1.06 bits per heavy atom. The molecular weight excluding hydrogens is 706 g/mol. The van der Waals surface area contributed by atoms with Crippen molar-refractivity contribution in [3.8, 4) is 11.3 Å². The molecule has 1 amide bonds. The molecule has 4 aromatic rings. The fourth-order valence-electron chi connectivity index (χ4n) is 5.39. The van der Waals surface area contributed by atoms with Crippen molar-refractivity contribution in [2.75, 3.05) is 17.5 Å². The molecule has 47 heavy (non-hydrogen) atoms. The van der Waals surface area contributed by atoms with Gasteiger partial charge in [0.25, 0.3) is 5.91 Å². The van der Waals surface area contributed by atoms with E-state index in [4.69, 9.17) is 8.84 Å². The summed E-state index contributed by atoms with van der Waals surface area (Å²) < 4.78 is 71.0. The minimum atomic E-state index is -3.81. The number of anilines is 1. The van der Waals surface area contributed by atoms with Gasteiger partial charge in [-0.15, -0.1) is 0 Å². The van der Waals surface area contributed by atoms with E-state index in [0.29, 0.717) is 45.1 Å². The van der Waals surface area contributed by atoms with Crippen LogP contribution < -0.4 is 10.0 Å². The zero-order chi connectivity index (χ0) is 34.3. The summed E-state index contributed by atoms with van der Waals surface area (Å²) in [6, 6.07) is 13.6.